The maximum absolute atomic E-state index is 13.9. The average Bonchev–Trinajstić information content (AvgIpc) is 3.47. The van der Waals surface area contributed by atoms with Crippen molar-refractivity contribution in [2.75, 3.05) is 36.4 Å². The Hall–Kier alpha value is -1.86. The molecular formula is C28H34F3N3S. The van der Waals surface area contributed by atoms with Crippen LogP contribution in [0.1, 0.15) is 62.1 Å². The molecule has 2 unspecified atom stereocenters. The normalized spacial score (nSPS) is 24.5. The lowest BCUT2D eigenvalue weighted by molar-refractivity contribution is -0.137. The third kappa shape index (κ3) is 4.66. The minimum atomic E-state index is -4.35. The summed E-state index contributed by atoms with van der Waals surface area (Å²) in [6.07, 6.45) is 3.28. The first-order chi connectivity index (χ1) is 16.9. The molecule has 0 radical (unpaired) electrons. The molecule has 1 N–H and O–H groups in total. The molecule has 4 aliphatic rings. The second kappa shape index (κ2) is 9.22. The molecule has 6 rings (SSSR count). The van der Waals surface area contributed by atoms with Crippen LogP contribution in [0, 0.1) is 5.92 Å². The quantitative estimate of drug-likeness (QED) is 0.404. The van der Waals surface area contributed by atoms with Crippen molar-refractivity contribution in [1.29, 1.82) is 0 Å². The maximum Gasteiger partial charge on any atom is 0.416 e. The number of nitrogens with one attached hydrogen (secondary N) is 1. The van der Waals surface area contributed by atoms with Crippen LogP contribution >= 0.6 is 11.8 Å². The topological polar surface area (TPSA) is 18.5 Å². The third-order valence-corrected chi connectivity index (χ3v) is 9.59. The molecule has 3 nitrogen and oxygen atoms in total. The highest BCUT2D eigenvalue weighted by molar-refractivity contribution is 7.99. The molecule has 3 fully saturated rings. The van der Waals surface area contributed by atoms with Crippen LogP contribution < -0.4 is 10.2 Å². The fraction of sp³-hybridized carbons (Fsp3) is 0.571. The molecule has 2 bridgehead atoms. The summed E-state index contributed by atoms with van der Waals surface area (Å²) in [6.45, 7) is 6.41. The largest absolute Gasteiger partial charge is 0.416 e. The zero-order valence-electron chi connectivity index (χ0n) is 20.3. The van der Waals surface area contributed by atoms with E-state index in [0.717, 1.165) is 66.7 Å². The van der Waals surface area contributed by atoms with Gasteiger partial charge in [-0.1, -0.05) is 24.8 Å². The van der Waals surface area contributed by atoms with Crippen molar-refractivity contribution in [2.24, 2.45) is 5.92 Å². The lowest BCUT2D eigenvalue weighted by Crippen LogP contribution is -2.39. The Morgan fingerprint density at radius 3 is 2.54 bits per heavy atom. The zero-order valence-corrected chi connectivity index (χ0v) is 21.2. The molecule has 3 aliphatic heterocycles. The highest BCUT2D eigenvalue weighted by atomic mass is 32.2. The Labute approximate surface area is 210 Å². The summed E-state index contributed by atoms with van der Waals surface area (Å²) >= 11 is 1.51. The number of nitrogens with zero attached hydrogens (tertiary/aromatic N) is 2. The van der Waals surface area contributed by atoms with Gasteiger partial charge in [0.05, 0.1) is 5.56 Å². The van der Waals surface area contributed by atoms with Gasteiger partial charge in [0.1, 0.15) is 0 Å². The molecule has 0 amide bonds. The van der Waals surface area contributed by atoms with E-state index >= 15 is 0 Å². The van der Waals surface area contributed by atoms with Crippen molar-refractivity contribution < 1.29 is 13.2 Å². The molecule has 188 valence electrons. The predicted octanol–water partition coefficient (Wildman–Crippen LogP) is 7.04. The van der Waals surface area contributed by atoms with Gasteiger partial charge >= 0.3 is 6.18 Å². The van der Waals surface area contributed by atoms with E-state index in [0.29, 0.717) is 18.2 Å². The Kier molecular flexibility index (Phi) is 6.20. The van der Waals surface area contributed by atoms with E-state index < -0.39 is 11.7 Å². The zero-order chi connectivity index (χ0) is 24.2. The van der Waals surface area contributed by atoms with E-state index in [1.807, 2.05) is 0 Å². The first-order valence-corrected chi connectivity index (χ1v) is 14.0. The lowest BCUT2D eigenvalue weighted by atomic mass is 9.97. The summed E-state index contributed by atoms with van der Waals surface area (Å²) < 4.78 is 41.6. The van der Waals surface area contributed by atoms with Crippen molar-refractivity contribution in [3.8, 4) is 0 Å². The van der Waals surface area contributed by atoms with E-state index in [2.05, 4.69) is 40.2 Å². The van der Waals surface area contributed by atoms with E-state index in [1.54, 1.807) is 0 Å². The lowest BCUT2D eigenvalue weighted by Gasteiger charge is -2.34. The van der Waals surface area contributed by atoms with E-state index in [9.17, 15) is 13.2 Å². The van der Waals surface area contributed by atoms with Crippen LogP contribution in [0.4, 0.5) is 24.5 Å². The highest BCUT2D eigenvalue weighted by Crippen LogP contribution is 2.48. The van der Waals surface area contributed by atoms with Crippen LogP contribution in [0.15, 0.2) is 40.1 Å². The van der Waals surface area contributed by atoms with Crippen LogP contribution in [-0.4, -0.2) is 43.2 Å². The number of rotatable bonds is 5. The van der Waals surface area contributed by atoms with Gasteiger partial charge in [-0.3, -0.25) is 0 Å². The first-order valence-electron chi connectivity index (χ1n) is 13.2. The number of hydrogen-bond donors (Lipinski definition) is 1. The second-order valence-corrected chi connectivity index (χ2v) is 11.9. The van der Waals surface area contributed by atoms with Gasteiger partial charge in [-0.2, -0.15) is 13.2 Å². The summed E-state index contributed by atoms with van der Waals surface area (Å²) in [4.78, 5) is 6.83. The summed E-state index contributed by atoms with van der Waals surface area (Å²) in [6, 6.07) is 10.2. The fourth-order valence-electron chi connectivity index (χ4n) is 6.56. The van der Waals surface area contributed by atoms with Crippen LogP contribution in [-0.2, 0) is 12.6 Å². The van der Waals surface area contributed by atoms with E-state index in [4.69, 9.17) is 0 Å². The molecule has 7 heteroatoms. The maximum atomic E-state index is 13.9. The van der Waals surface area contributed by atoms with E-state index in [1.165, 1.54) is 54.4 Å². The number of piperidine rings is 2. The van der Waals surface area contributed by atoms with Crippen molar-refractivity contribution >= 4 is 23.1 Å². The average molecular weight is 502 g/mol. The Balaban J connectivity index is 1.27. The third-order valence-electron chi connectivity index (χ3n) is 8.40. The van der Waals surface area contributed by atoms with Gasteiger partial charge in [-0.05, 0) is 86.4 Å². The molecule has 0 aromatic heterocycles. The van der Waals surface area contributed by atoms with Crippen LogP contribution in [0.2, 0.25) is 0 Å². The second-order valence-electron chi connectivity index (χ2n) is 10.8. The fourth-order valence-corrected chi connectivity index (χ4v) is 7.74. The molecule has 1 saturated carbocycles. The van der Waals surface area contributed by atoms with Crippen molar-refractivity contribution in [3.05, 3.63) is 47.0 Å². The predicted molar refractivity (Wildman–Crippen MR) is 137 cm³/mol. The van der Waals surface area contributed by atoms with Gasteiger partial charge in [0, 0.05) is 59.3 Å². The Bertz CT molecular complexity index is 1090. The number of benzene rings is 2. The molecule has 1 aliphatic carbocycles. The van der Waals surface area contributed by atoms with Crippen LogP contribution in [0.3, 0.4) is 0 Å². The van der Waals surface area contributed by atoms with Crippen LogP contribution in [0.25, 0.3) is 0 Å². The van der Waals surface area contributed by atoms with Crippen molar-refractivity contribution in [1.82, 2.24) is 4.90 Å². The molecular weight excluding hydrogens is 467 g/mol. The number of hydrogen-bond acceptors (Lipinski definition) is 4. The minimum absolute atomic E-state index is 0.218. The molecule has 2 aromatic rings. The minimum Gasteiger partial charge on any atom is -0.382 e. The summed E-state index contributed by atoms with van der Waals surface area (Å²) in [5.41, 5.74) is 3.58. The molecule has 35 heavy (non-hydrogen) atoms. The Morgan fingerprint density at radius 2 is 1.86 bits per heavy atom. The van der Waals surface area contributed by atoms with Gasteiger partial charge < -0.3 is 15.1 Å². The Morgan fingerprint density at radius 1 is 1.03 bits per heavy atom. The summed E-state index contributed by atoms with van der Waals surface area (Å²) in [7, 11) is 0. The summed E-state index contributed by atoms with van der Waals surface area (Å²) in [5.74, 6) is 0.807. The van der Waals surface area contributed by atoms with Gasteiger partial charge in [0.2, 0.25) is 0 Å². The number of alkyl halides is 3. The smallest absolute Gasteiger partial charge is 0.382 e. The number of likely N-dealkylation sites (tertiary alicyclic amines) is 1. The summed E-state index contributed by atoms with van der Waals surface area (Å²) in [5, 5.41) is 3.54. The van der Waals surface area contributed by atoms with Crippen LogP contribution in [0.5, 0.6) is 0 Å². The van der Waals surface area contributed by atoms with Gasteiger partial charge in [0.15, 0.2) is 0 Å². The number of halogens is 3. The highest BCUT2D eigenvalue weighted by Gasteiger charge is 2.38. The standard InChI is InChI=1S/C28H34F3N3S/c1-2-9-33-10-7-21(8-11-33)32-25-14-20(28(29,30)31)15-27-24(25)13-19-4-6-23(16-26(19)35-27)34-17-18-3-5-22(34)12-18/h4,6,14-16,18,21-22,32H,2-3,5,7-13,17H2,1H3. The molecule has 3 heterocycles. The van der Waals surface area contributed by atoms with Crippen molar-refractivity contribution in [2.45, 2.75) is 79.9 Å². The SMILES string of the molecule is CCCN1CCC(Nc2cc(C(F)(F)F)cc3c2Cc2ccc(N4CC5CCC4C5)cc2S3)CC1. The number of fused-ring (bicyclic) bond motifs is 4. The molecule has 2 atom stereocenters. The number of anilines is 2. The first kappa shape index (κ1) is 23.5. The van der Waals surface area contributed by atoms with Gasteiger partial charge in [-0.25, -0.2) is 0 Å². The molecule has 2 aromatic carbocycles. The molecule has 0 spiro atoms. The van der Waals surface area contributed by atoms with E-state index in [-0.39, 0.29) is 6.04 Å². The van der Waals surface area contributed by atoms with Gasteiger partial charge in [0.25, 0.3) is 0 Å². The molecule has 2 saturated heterocycles. The monoisotopic (exact) mass is 501 g/mol. The van der Waals surface area contributed by atoms with Gasteiger partial charge in [-0.15, -0.1) is 0 Å². The van der Waals surface area contributed by atoms with Crippen molar-refractivity contribution in [3.63, 3.8) is 0 Å².